The van der Waals surface area contributed by atoms with Crippen LogP contribution in [0.15, 0.2) is 53.7 Å². The molecular formula is C24H25F2NO3. The van der Waals surface area contributed by atoms with Gasteiger partial charge in [-0.1, -0.05) is 29.8 Å². The molecule has 2 aromatic carbocycles. The number of hydrogen-bond acceptors (Lipinski definition) is 3. The lowest BCUT2D eigenvalue weighted by molar-refractivity contribution is -0.143. The number of benzene rings is 2. The molecule has 0 aliphatic carbocycles. The summed E-state index contributed by atoms with van der Waals surface area (Å²) >= 11 is 0. The first-order valence-corrected chi connectivity index (χ1v) is 9.89. The van der Waals surface area contributed by atoms with Crippen LogP contribution in [0.25, 0.3) is 0 Å². The lowest BCUT2D eigenvalue weighted by Gasteiger charge is -2.35. The van der Waals surface area contributed by atoms with E-state index in [0.29, 0.717) is 16.8 Å². The first-order chi connectivity index (χ1) is 14.2. The Hall–Kier alpha value is -3.02. The summed E-state index contributed by atoms with van der Waals surface area (Å²) in [7, 11) is 0. The number of halogens is 2. The highest BCUT2D eigenvalue weighted by Gasteiger charge is 2.37. The van der Waals surface area contributed by atoms with E-state index in [-0.39, 0.29) is 25.0 Å². The molecule has 6 heteroatoms. The number of carbonyl (C=O) groups is 2. The third-order valence-electron chi connectivity index (χ3n) is 5.09. The normalized spacial score (nSPS) is 17.0. The summed E-state index contributed by atoms with van der Waals surface area (Å²) in [6.07, 6.45) is -0.249. The largest absolute Gasteiger partial charge is 0.460 e. The van der Waals surface area contributed by atoms with E-state index in [1.807, 2.05) is 31.2 Å². The minimum Gasteiger partial charge on any atom is -0.460 e. The average molecular weight is 413 g/mol. The molecule has 0 saturated heterocycles. The van der Waals surface area contributed by atoms with Gasteiger partial charge in [0.2, 0.25) is 5.91 Å². The zero-order valence-corrected chi connectivity index (χ0v) is 17.5. The minimum absolute atomic E-state index is 0.0294. The Balaban J connectivity index is 2.05. The number of ether oxygens (including phenoxy) is 1. The van der Waals surface area contributed by atoms with E-state index in [9.17, 15) is 18.4 Å². The maximum Gasteiger partial charge on any atom is 0.336 e. The lowest BCUT2D eigenvalue weighted by Crippen LogP contribution is -2.38. The summed E-state index contributed by atoms with van der Waals surface area (Å²) < 4.78 is 32.7. The molecule has 0 spiro atoms. The predicted molar refractivity (Wildman–Crippen MR) is 109 cm³/mol. The summed E-state index contributed by atoms with van der Waals surface area (Å²) in [5.74, 6) is -2.58. The molecule has 0 unspecified atom stereocenters. The lowest BCUT2D eigenvalue weighted by atomic mass is 9.83. The molecule has 1 aliphatic rings. The van der Waals surface area contributed by atoms with Crippen molar-refractivity contribution >= 4 is 11.9 Å². The van der Waals surface area contributed by atoms with Crippen LogP contribution in [0.1, 0.15) is 49.8 Å². The number of amides is 1. The molecule has 0 saturated carbocycles. The maximum absolute atomic E-state index is 13.6. The summed E-state index contributed by atoms with van der Waals surface area (Å²) in [5.41, 5.74) is 3.02. The number of nitrogens with zero attached hydrogens (tertiary/aromatic N) is 1. The van der Waals surface area contributed by atoms with E-state index < -0.39 is 23.5 Å². The quantitative estimate of drug-likeness (QED) is 0.647. The van der Waals surface area contributed by atoms with Gasteiger partial charge in [0.15, 0.2) is 0 Å². The van der Waals surface area contributed by atoms with Crippen molar-refractivity contribution in [3.63, 3.8) is 0 Å². The van der Waals surface area contributed by atoms with Crippen molar-refractivity contribution in [1.29, 1.82) is 0 Å². The summed E-state index contributed by atoms with van der Waals surface area (Å²) in [5, 5.41) is 0. The Kier molecular flexibility index (Phi) is 6.34. The molecule has 158 valence electrons. The predicted octanol–water partition coefficient (Wildman–Crippen LogP) is 5.01. The van der Waals surface area contributed by atoms with E-state index in [0.717, 1.165) is 17.2 Å². The SMILES string of the molecule is CC1=C(C(=O)OC(C)C)[C@H](c2cccc(C)c2)CC(=O)N1Cc1cc(F)cc(F)c1. The Morgan fingerprint density at radius 1 is 1.13 bits per heavy atom. The molecule has 30 heavy (non-hydrogen) atoms. The number of allylic oxidation sites excluding steroid dienone is 1. The van der Waals surface area contributed by atoms with Gasteiger partial charge >= 0.3 is 5.97 Å². The van der Waals surface area contributed by atoms with E-state index in [2.05, 4.69) is 0 Å². The van der Waals surface area contributed by atoms with Crippen LogP contribution in [-0.2, 0) is 20.9 Å². The molecule has 0 bridgehead atoms. The first kappa shape index (κ1) is 21.7. The topological polar surface area (TPSA) is 46.6 Å². The van der Waals surface area contributed by atoms with E-state index >= 15 is 0 Å². The second-order valence-electron chi connectivity index (χ2n) is 7.88. The third-order valence-corrected chi connectivity index (χ3v) is 5.09. The Labute approximate surface area is 175 Å². The van der Waals surface area contributed by atoms with Crippen LogP contribution in [0.3, 0.4) is 0 Å². The van der Waals surface area contributed by atoms with Gasteiger partial charge < -0.3 is 9.64 Å². The number of hydrogen-bond donors (Lipinski definition) is 0. The van der Waals surface area contributed by atoms with Crippen molar-refractivity contribution in [3.05, 3.63) is 82.1 Å². The highest BCUT2D eigenvalue weighted by Crippen LogP contribution is 2.38. The highest BCUT2D eigenvalue weighted by molar-refractivity contribution is 5.96. The zero-order chi connectivity index (χ0) is 22.0. The van der Waals surface area contributed by atoms with Gasteiger partial charge in [-0.05, 0) is 51.0 Å². The second kappa shape index (κ2) is 8.78. The average Bonchev–Trinajstić information content (AvgIpc) is 2.63. The summed E-state index contributed by atoms with van der Waals surface area (Å²) in [6.45, 7) is 7.11. The molecule has 3 rings (SSSR count). The van der Waals surface area contributed by atoms with Crippen LogP contribution in [0.5, 0.6) is 0 Å². The molecule has 0 fully saturated rings. The number of carbonyl (C=O) groups excluding carboxylic acids is 2. The second-order valence-corrected chi connectivity index (χ2v) is 7.88. The van der Waals surface area contributed by atoms with E-state index in [4.69, 9.17) is 4.74 Å². The van der Waals surface area contributed by atoms with Gasteiger partial charge in [0, 0.05) is 24.1 Å². The van der Waals surface area contributed by atoms with Gasteiger partial charge in [0.05, 0.1) is 18.2 Å². The smallest absolute Gasteiger partial charge is 0.336 e. The maximum atomic E-state index is 13.6. The van der Waals surface area contributed by atoms with Crippen LogP contribution < -0.4 is 0 Å². The Morgan fingerprint density at radius 2 is 1.80 bits per heavy atom. The van der Waals surface area contributed by atoms with Crippen molar-refractivity contribution in [2.24, 2.45) is 0 Å². The zero-order valence-electron chi connectivity index (χ0n) is 17.5. The molecule has 1 heterocycles. The van der Waals surface area contributed by atoms with Crippen LogP contribution in [0, 0.1) is 18.6 Å². The van der Waals surface area contributed by atoms with Crippen LogP contribution in [-0.4, -0.2) is 22.9 Å². The van der Waals surface area contributed by atoms with Gasteiger partial charge in [-0.15, -0.1) is 0 Å². The number of esters is 1. The monoisotopic (exact) mass is 413 g/mol. The fourth-order valence-electron chi connectivity index (χ4n) is 3.80. The van der Waals surface area contributed by atoms with Crippen molar-refractivity contribution in [1.82, 2.24) is 4.90 Å². The van der Waals surface area contributed by atoms with E-state index in [1.165, 1.54) is 17.0 Å². The summed E-state index contributed by atoms with van der Waals surface area (Å²) in [6, 6.07) is 10.8. The fraction of sp³-hybridized carbons (Fsp3) is 0.333. The van der Waals surface area contributed by atoms with Gasteiger partial charge in [-0.2, -0.15) is 0 Å². The summed E-state index contributed by atoms with van der Waals surface area (Å²) in [4.78, 5) is 27.4. The third kappa shape index (κ3) is 4.75. The molecular weight excluding hydrogens is 388 g/mol. The molecule has 2 aromatic rings. The van der Waals surface area contributed by atoms with Crippen molar-refractivity contribution in [3.8, 4) is 0 Å². The van der Waals surface area contributed by atoms with Gasteiger partial charge in [-0.3, -0.25) is 4.79 Å². The molecule has 1 aliphatic heterocycles. The minimum atomic E-state index is -0.715. The molecule has 0 aromatic heterocycles. The standard InChI is InChI=1S/C24H25F2NO3/c1-14(2)30-24(29)23-16(4)27(13-17-9-19(25)11-20(26)10-17)22(28)12-21(23)18-7-5-6-15(3)8-18/h5-11,14,21H,12-13H2,1-4H3/t21-/m0/s1. The Bertz CT molecular complexity index is 993. The molecule has 1 atom stereocenters. The van der Waals surface area contributed by atoms with Crippen LogP contribution >= 0.6 is 0 Å². The molecule has 4 nitrogen and oxygen atoms in total. The van der Waals surface area contributed by atoms with Gasteiger partial charge in [0.25, 0.3) is 0 Å². The van der Waals surface area contributed by atoms with Crippen molar-refractivity contribution < 1.29 is 23.1 Å². The van der Waals surface area contributed by atoms with Crippen LogP contribution in [0.4, 0.5) is 8.78 Å². The number of aryl methyl sites for hydroxylation is 1. The highest BCUT2D eigenvalue weighted by atomic mass is 19.1. The van der Waals surface area contributed by atoms with Gasteiger partial charge in [-0.25, -0.2) is 13.6 Å². The molecule has 0 N–H and O–H groups in total. The van der Waals surface area contributed by atoms with Gasteiger partial charge in [0.1, 0.15) is 11.6 Å². The van der Waals surface area contributed by atoms with Crippen molar-refractivity contribution in [2.75, 3.05) is 0 Å². The fourth-order valence-corrected chi connectivity index (χ4v) is 3.80. The van der Waals surface area contributed by atoms with Crippen molar-refractivity contribution in [2.45, 2.75) is 52.7 Å². The van der Waals surface area contributed by atoms with E-state index in [1.54, 1.807) is 20.8 Å². The van der Waals surface area contributed by atoms with Crippen LogP contribution in [0.2, 0.25) is 0 Å². The first-order valence-electron chi connectivity index (χ1n) is 9.89. The molecule has 1 amide bonds. The Morgan fingerprint density at radius 3 is 2.40 bits per heavy atom. The number of rotatable bonds is 5. The molecule has 0 radical (unpaired) electrons.